The second-order valence-corrected chi connectivity index (χ2v) is 9.41. The first-order valence-corrected chi connectivity index (χ1v) is 11.4. The van der Waals surface area contributed by atoms with Crippen LogP contribution in [0.5, 0.6) is 0 Å². The molecular formula is C27H17ClFNO5. The zero-order valence-electron chi connectivity index (χ0n) is 18.3. The van der Waals surface area contributed by atoms with E-state index in [2.05, 4.69) is 0 Å². The number of halogens is 2. The minimum absolute atomic E-state index is 0.0639. The molecule has 2 fully saturated rings. The summed E-state index contributed by atoms with van der Waals surface area (Å²) in [7, 11) is 0. The van der Waals surface area contributed by atoms with Crippen LogP contribution >= 0.6 is 11.6 Å². The third kappa shape index (κ3) is 2.79. The number of carbonyl (C=O) groups is 4. The number of benzene rings is 3. The summed E-state index contributed by atoms with van der Waals surface area (Å²) in [6.45, 7) is 1.90. The summed E-state index contributed by atoms with van der Waals surface area (Å²) in [6, 6.07) is 16.9. The fourth-order valence-corrected chi connectivity index (χ4v) is 5.63. The number of Topliss-reactive ketones (excluding diaryl/α,β-unsaturated/α-hetero) is 2. The maximum Gasteiger partial charge on any atom is 0.241 e. The molecule has 0 saturated carbocycles. The lowest BCUT2D eigenvalue weighted by Gasteiger charge is -2.27. The van der Waals surface area contributed by atoms with Crippen LogP contribution in [0.4, 0.5) is 10.1 Å². The number of hydrogen-bond acceptors (Lipinski definition) is 5. The van der Waals surface area contributed by atoms with Crippen molar-refractivity contribution >= 4 is 40.7 Å². The van der Waals surface area contributed by atoms with Gasteiger partial charge in [0.25, 0.3) is 0 Å². The second-order valence-electron chi connectivity index (χ2n) is 9.00. The highest BCUT2D eigenvalue weighted by atomic mass is 35.5. The van der Waals surface area contributed by atoms with Crippen molar-refractivity contribution in [3.05, 3.63) is 99.8 Å². The van der Waals surface area contributed by atoms with Crippen molar-refractivity contribution in [2.24, 2.45) is 11.8 Å². The summed E-state index contributed by atoms with van der Waals surface area (Å²) in [5, 5.41) is -0.262. The van der Waals surface area contributed by atoms with Crippen molar-refractivity contribution in [2.75, 3.05) is 4.90 Å². The molecule has 8 heteroatoms. The van der Waals surface area contributed by atoms with Crippen LogP contribution in [-0.2, 0) is 14.3 Å². The highest BCUT2D eigenvalue weighted by molar-refractivity contribution is 6.37. The average Bonchev–Trinajstić information content (AvgIpc) is 3.41. The Kier molecular flexibility index (Phi) is 4.62. The fraction of sp³-hybridized carbons (Fsp3) is 0.185. The number of ether oxygens (including phenoxy) is 1. The van der Waals surface area contributed by atoms with Crippen LogP contribution in [-0.4, -0.2) is 29.0 Å². The highest BCUT2D eigenvalue weighted by Gasteiger charge is 2.74. The van der Waals surface area contributed by atoms with Crippen LogP contribution < -0.4 is 4.90 Å². The summed E-state index contributed by atoms with van der Waals surface area (Å²) < 4.78 is 20.0. The number of amides is 2. The summed E-state index contributed by atoms with van der Waals surface area (Å²) in [6.07, 6.45) is -1.01. The number of imide groups is 1. The lowest BCUT2D eigenvalue weighted by atomic mass is 9.77. The van der Waals surface area contributed by atoms with Gasteiger partial charge >= 0.3 is 0 Å². The molecule has 0 N–H and O–H groups in total. The molecular weight excluding hydrogens is 473 g/mol. The Morgan fingerprint density at radius 2 is 1.51 bits per heavy atom. The monoisotopic (exact) mass is 489 g/mol. The van der Waals surface area contributed by atoms with Gasteiger partial charge in [-0.3, -0.25) is 19.2 Å². The van der Waals surface area contributed by atoms with E-state index in [0.717, 1.165) is 16.5 Å². The molecule has 0 radical (unpaired) electrons. The molecule has 6 rings (SSSR count). The van der Waals surface area contributed by atoms with Crippen molar-refractivity contribution in [1.29, 1.82) is 0 Å². The summed E-state index contributed by atoms with van der Waals surface area (Å²) >= 11 is 5.92. The molecule has 2 aliphatic heterocycles. The van der Waals surface area contributed by atoms with Gasteiger partial charge in [0.05, 0.1) is 28.6 Å². The molecule has 3 aromatic rings. The van der Waals surface area contributed by atoms with Gasteiger partial charge in [0, 0.05) is 11.1 Å². The Balaban J connectivity index is 1.54. The van der Waals surface area contributed by atoms with Crippen LogP contribution in [0.1, 0.15) is 37.9 Å². The number of anilines is 1. The fourth-order valence-electron chi connectivity index (χ4n) is 5.45. The van der Waals surface area contributed by atoms with Gasteiger partial charge in [-0.2, -0.15) is 0 Å². The first-order valence-electron chi connectivity index (χ1n) is 11.0. The molecule has 2 saturated heterocycles. The largest absolute Gasteiger partial charge is 0.349 e. The van der Waals surface area contributed by atoms with Crippen molar-refractivity contribution in [2.45, 2.75) is 18.6 Å². The summed E-state index contributed by atoms with van der Waals surface area (Å²) in [5.74, 6) is -5.88. The molecule has 35 heavy (non-hydrogen) atoms. The number of hydrogen-bond donors (Lipinski definition) is 0. The standard InChI is InChI=1S/C27H17ClFNO5/c1-13-6-8-14(9-7-13)22-20-21(26(34)30(25(20)33)15-10-11-19(29)18(28)12-15)27(35-22)23(31)16-4-2-3-5-17(16)24(27)32/h2-12,20-22H,1H3/t20-,21+,22+/m1/s1. The van der Waals surface area contributed by atoms with E-state index in [9.17, 15) is 23.6 Å². The van der Waals surface area contributed by atoms with Crippen molar-refractivity contribution < 1.29 is 28.3 Å². The van der Waals surface area contributed by atoms with E-state index in [1.807, 2.05) is 19.1 Å². The zero-order chi connectivity index (χ0) is 24.6. The molecule has 2 heterocycles. The quantitative estimate of drug-likeness (QED) is 0.391. The third-order valence-corrected chi connectivity index (χ3v) is 7.38. The zero-order valence-corrected chi connectivity index (χ0v) is 19.1. The number of carbonyl (C=O) groups excluding carboxylic acids is 4. The van der Waals surface area contributed by atoms with E-state index >= 15 is 0 Å². The number of aryl methyl sites for hydroxylation is 1. The maximum absolute atomic E-state index is 13.8. The number of nitrogens with zero attached hydrogens (tertiary/aromatic N) is 1. The molecule has 3 atom stereocenters. The van der Waals surface area contributed by atoms with Gasteiger partial charge in [-0.1, -0.05) is 65.7 Å². The van der Waals surface area contributed by atoms with Crippen molar-refractivity contribution in [3.63, 3.8) is 0 Å². The number of fused-ring (bicyclic) bond motifs is 3. The maximum atomic E-state index is 13.8. The van der Waals surface area contributed by atoms with Crippen LogP contribution in [0.15, 0.2) is 66.7 Å². The molecule has 174 valence electrons. The van der Waals surface area contributed by atoms with Crippen LogP contribution in [0.2, 0.25) is 5.02 Å². The molecule has 3 aromatic carbocycles. The molecule has 0 bridgehead atoms. The minimum Gasteiger partial charge on any atom is -0.349 e. The Morgan fingerprint density at radius 1 is 0.886 bits per heavy atom. The molecule has 0 unspecified atom stereocenters. The van der Waals surface area contributed by atoms with E-state index in [4.69, 9.17) is 16.3 Å². The predicted molar refractivity (Wildman–Crippen MR) is 124 cm³/mol. The molecule has 1 spiro atoms. The Labute approximate surface area is 204 Å². The van der Waals surface area contributed by atoms with Crippen LogP contribution in [0, 0.1) is 24.6 Å². The van der Waals surface area contributed by atoms with Crippen LogP contribution in [0.25, 0.3) is 0 Å². The Hall–Kier alpha value is -3.68. The first kappa shape index (κ1) is 21.8. The van der Waals surface area contributed by atoms with Crippen molar-refractivity contribution in [1.82, 2.24) is 0 Å². The molecule has 6 nitrogen and oxygen atoms in total. The molecule has 3 aliphatic rings. The summed E-state index contributed by atoms with van der Waals surface area (Å²) in [4.78, 5) is 55.8. The smallest absolute Gasteiger partial charge is 0.241 e. The molecule has 0 aromatic heterocycles. The van der Waals surface area contributed by atoms with E-state index in [-0.39, 0.29) is 21.8 Å². The SMILES string of the molecule is Cc1ccc([C@@H]2OC3(C(=O)c4ccccc4C3=O)[C@@H]3C(=O)N(c4ccc(F)c(Cl)c4)C(=O)[C@H]32)cc1. The lowest BCUT2D eigenvalue weighted by Crippen LogP contribution is -2.51. The second kappa shape index (κ2) is 7.41. The number of rotatable bonds is 2. The number of ketones is 2. The average molecular weight is 490 g/mol. The minimum atomic E-state index is -2.16. The van der Waals surface area contributed by atoms with E-state index in [0.29, 0.717) is 5.56 Å². The first-order chi connectivity index (χ1) is 16.8. The van der Waals surface area contributed by atoms with Gasteiger partial charge in [-0.05, 0) is 30.7 Å². The van der Waals surface area contributed by atoms with Gasteiger partial charge in [-0.25, -0.2) is 9.29 Å². The highest BCUT2D eigenvalue weighted by Crippen LogP contribution is 2.57. The predicted octanol–water partition coefficient (Wildman–Crippen LogP) is 4.48. The van der Waals surface area contributed by atoms with E-state index in [1.54, 1.807) is 24.3 Å². The summed E-state index contributed by atoms with van der Waals surface area (Å²) in [5.41, 5.74) is -0.244. The lowest BCUT2D eigenvalue weighted by molar-refractivity contribution is -0.127. The van der Waals surface area contributed by atoms with Gasteiger partial charge in [0.2, 0.25) is 29.0 Å². The van der Waals surface area contributed by atoms with Crippen molar-refractivity contribution in [3.8, 4) is 0 Å². The van der Waals surface area contributed by atoms with Gasteiger partial charge in [0.15, 0.2) is 0 Å². The Morgan fingerprint density at radius 3 is 2.11 bits per heavy atom. The van der Waals surface area contributed by atoms with Gasteiger partial charge in [-0.15, -0.1) is 0 Å². The van der Waals surface area contributed by atoms with Crippen LogP contribution in [0.3, 0.4) is 0 Å². The van der Waals surface area contributed by atoms with E-state index < -0.39 is 52.7 Å². The third-order valence-electron chi connectivity index (χ3n) is 7.09. The molecule has 2 amide bonds. The van der Waals surface area contributed by atoms with Gasteiger partial charge in [0.1, 0.15) is 5.82 Å². The van der Waals surface area contributed by atoms with Gasteiger partial charge < -0.3 is 4.74 Å². The Bertz CT molecular complexity index is 1430. The molecule has 1 aliphatic carbocycles. The normalized spacial score (nSPS) is 24.4. The topological polar surface area (TPSA) is 80.8 Å². The van der Waals surface area contributed by atoms with E-state index in [1.165, 1.54) is 24.3 Å².